The second-order valence-electron chi connectivity index (χ2n) is 6.98. The predicted octanol–water partition coefficient (Wildman–Crippen LogP) is 1.33. The second kappa shape index (κ2) is 9.87. The Kier molecular flexibility index (Phi) is 7.25. The molecule has 8 heteroatoms. The summed E-state index contributed by atoms with van der Waals surface area (Å²) in [6, 6.07) is 0. The maximum atomic E-state index is 6.11. The molecule has 3 rings (SSSR count). The van der Waals surface area contributed by atoms with E-state index in [2.05, 4.69) is 27.2 Å². The summed E-state index contributed by atoms with van der Waals surface area (Å²) in [6.07, 6.45) is 7.85. The molecule has 0 spiro atoms. The topological polar surface area (TPSA) is 76.8 Å². The maximum Gasteiger partial charge on any atom is 0.194 e. The van der Waals surface area contributed by atoms with Crippen molar-refractivity contribution in [1.29, 1.82) is 0 Å². The molecule has 1 aromatic rings. The van der Waals surface area contributed by atoms with E-state index >= 15 is 0 Å². The Morgan fingerprint density at radius 1 is 1.35 bits per heavy atom. The highest BCUT2D eigenvalue weighted by atomic mass is 16.5. The van der Waals surface area contributed by atoms with Gasteiger partial charge in [0.25, 0.3) is 0 Å². The fourth-order valence-electron chi connectivity index (χ4n) is 3.45. The number of hydrogen-bond acceptors (Lipinski definition) is 5. The van der Waals surface area contributed by atoms with Crippen LogP contribution in [0, 0.1) is 0 Å². The van der Waals surface area contributed by atoms with Crippen molar-refractivity contribution in [3.8, 4) is 0 Å². The molecule has 8 nitrogen and oxygen atoms in total. The third kappa shape index (κ3) is 5.41. The number of guanidine groups is 1. The molecule has 0 aliphatic carbocycles. The van der Waals surface area contributed by atoms with E-state index in [4.69, 9.17) is 14.5 Å². The number of nitrogens with one attached hydrogen (secondary N) is 1. The van der Waals surface area contributed by atoms with Crippen molar-refractivity contribution >= 4 is 5.96 Å². The monoisotopic (exact) mass is 364 g/mol. The zero-order valence-corrected chi connectivity index (χ0v) is 16.1. The van der Waals surface area contributed by atoms with Crippen LogP contribution < -0.4 is 5.32 Å². The van der Waals surface area contributed by atoms with Gasteiger partial charge in [-0.15, -0.1) is 0 Å². The molecule has 2 aliphatic rings. The Labute approximate surface area is 156 Å². The lowest BCUT2D eigenvalue weighted by molar-refractivity contribution is -0.0721. The molecule has 1 atom stereocenters. The van der Waals surface area contributed by atoms with Crippen LogP contribution in [0.1, 0.15) is 44.9 Å². The fraction of sp³-hybridized carbons (Fsp3) is 0.833. The molecule has 1 aromatic heterocycles. The van der Waals surface area contributed by atoms with Crippen LogP contribution >= 0.6 is 0 Å². The van der Waals surface area contributed by atoms with Crippen LogP contribution in [0.5, 0.6) is 0 Å². The number of piperidine rings is 1. The smallest absolute Gasteiger partial charge is 0.194 e. The summed E-state index contributed by atoms with van der Waals surface area (Å²) in [5, 5.41) is 7.49. The Balaban J connectivity index is 1.45. The van der Waals surface area contributed by atoms with Crippen molar-refractivity contribution in [3.63, 3.8) is 0 Å². The van der Waals surface area contributed by atoms with E-state index in [1.807, 2.05) is 7.05 Å². The largest absolute Gasteiger partial charge is 0.376 e. The summed E-state index contributed by atoms with van der Waals surface area (Å²) in [5.41, 5.74) is 0. The molecule has 2 fully saturated rings. The standard InChI is InChI=1S/C18H32N6O2/c1-3-19-18(20-12-17-21-14-22-23(17)2)24-9-7-15(8-10-24)26-13-16-6-4-5-11-25-16/h14-16H,3-13H2,1-2H3,(H,19,20). The minimum Gasteiger partial charge on any atom is -0.376 e. The van der Waals surface area contributed by atoms with Crippen LogP contribution in [0.4, 0.5) is 0 Å². The fourth-order valence-corrected chi connectivity index (χ4v) is 3.45. The van der Waals surface area contributed by atoms with Crippen LogP contribution in [0.2, 0.25) is 0 Å². The predicted molar refractivity (Wildman–Crippen MR) is 100.0 cm³/mol. The number of aliphatic imine (C=N–C) groups is 1. The molecule has 1 unspecified atom stereocenters. The first kappa shape index (κ1) is 19.1. The molecular formula is C18H32N6O2. The molecule has 0 bridgehead atoms. The van der Waals surface area contributed by atoms with Gasteiger partial charge >= 0.3 is 0 Å². The third-order valence-electron chi connectivity index (χ3n) is 5.04. The van der Waals surface area contributed by atoms with Gasteiger partial charge < -0.3 is 19.7 Å². The first-order valence-electron chi connectivity index (χ1n) is 9.85. The van der Waals surface area contributed by atoms with Gasteiger partial charge in [0.2, 0.25) is 0 Å². The first-order chi connectivity index (χ1) is 12.8. The summed E-state index contributed by atoms with van der Waals surface area (Å²) >= 11 is 0. The Bertz CT molecular complexity index is 562. The van der Waals surface area contributed by atoms with Crippen molar-refractivity contribution < 1.29 is 9.47 Å². The van der Waals surface area contributed by atoms with Gasteiger partial charge in [0.1, 0.15) is 18.7 Å². The van der Waals surface area contributed by atoms with Gasteiger partial charge in [-0.1, -0.05) is 0 Å². The highest BCUT2D eigenvalue weighted by Gasteiger charge is 2.23. The average Bonchev–Trinajstić information content (AvgIpc) is 3.10. The van der Waals surface area contributed by atoms with Crippen molar-refractivity contribution in [2.24, 2.45) is 12.0 Å². The lowest BCUT2D eigenvalue weighted by Gasteiger charge is -2.35. The van der Waals surface area contributed by atoms with Gasteiger partial charge in [0, 0.05) is 33.3 Å². The Morgan fingerprint density at radius 2 is 2.19 bits per heavy atom. The van der Waals surface area contributed by atoms with Crippen molar-refractivity contribution in [3.05, 3.63) is 12.2 Å². The van der Waals surface area contributed by atoms with Gasteiger partial charge in [-0.25, -0.2) is 9.98 Å². The zero-order chi connectivity index (χ0) is 18.2. The molecular weight excluding hydrogens is 332 g/mol. The molecule has 3 heterocycles. The van der Waals surface area contributed by atoms with Crippen molar-refractivity contribution in [2.45, 2.75) is 57.8 Å². The SMILES string of the molecule is CCNC(=NCc1ncnn1C)N1CCC(OCC2CCCCO2)CC1. The van der Waals surface area contributed by atoms with Crippen molar-refractivity contribution in [2.75, 3.05) is 32.8 Å². The Morgan fingerprint density at radius 3 is 2.85 bits per heavy atom. The molecule has 0 radical (unpaired) electrons. The van der Waals surface area contributed by atoms with E-state index < -0.39 is 0 Å². The number of aryl methyl sites for hydroxylation is 1. The summed E-state index contributed by atoms with van der Waals surface area (Å²) in [4.78, 5) is 11.3. The number of likely N-dealkylation sites (tertiary alicyclic amines) is 1. The van der Waals surface area contributed by atoms with Crippen LogP contribution in [0.15, 0.2) is 11.3 Å². The first-order valence-corrected chi connectivity index (χ1v) is 9.85. The highest BCUT2D eigenvalue weighted by Crippen LogP contribution is 2.18. The lowest BCUT2D eigenvalue weighted by Crippen LogP contribution is -2.47. The average molecular weight is 364 g/mol. The van der Waals surface area contributed by atoms with E-state index in [1.54, 1.807) is 11.0 Å². The van der Waals surface area contributed by atoms with Gasteiger partial charge in [-0.2, -0.15) is 5.10 Å². The summed E-state index contributed by atoms with van der Waals surface area (Å²) in [6.45, 7) is 7.03. The van der Waals surface area contributed by atoms with Crippen molar-refractivity contribution in [1.82, 2.24) is 25.0 Å². The second-order valence-corrected chi connectivity index (χ2v) is 6.98. The number of hydrogen-bond donors (Lipinski definition) is 1. The highest BCUT2D eigenvalue weighted by molar-refractivity contribution is 5.80. The normalized spacial score (nSPS) is 22.6. The molecule has 0 saturated carbocycles. The number of ether oxygens (including phenoxy) is 2. The molecule has 146 valence electrons. The zero-order valence-electron chi connectivity index (χ0n) is 16.1. The molecule has 26 heavy (non-hydrogen) atoms. The van der Waals surface area contributed by atoms with Gasteiger partial charge in [0.15, 0.2) is 5.96 Å². The van der Waals surface area contributed by atoms with E-state index in [-0.39, 0.29) is 0 Å². The maximum absolute atomic E-state index is 6.11. The van der Waals surface area contributed by atoms with Crippen LogP contribution in [-0.4, -0.2) is 70.7 Å². The number of rotatable bonds is 6. The number of aromatic nitrogens is 3. The molecule has 2 aliphatic heterocycles. The minimum atomic E-state index is 0.298. The van der Waals surface area contributed by atoms with E-state index in [0.717, 1.165) is 63.9 Å². The summed E-state index contributed by atoms with van der Waals surface area (Å²) < 4.78 is 13.6. The molecule has 0 amide bonds. The van der Waals surface area contributed by atoms with E-state index in [9.17, 15) is 0 Å². The van der Waals surface area contributed by atoms with Gasteiger partial charge in [-0.05, 0) is 39.0 Å². The van der Waals surface area contributed by atoms with Crippen LogP contribution in [0.25, 0.3) is 0 Å². The van der Waals surface area contributed by atoms with Gasteiger partial charge in [0.05, 0.1) is 18.8 Å². The Hall–Kier alpha value is -1.67. The molecule has 1 N–H and O–H groups in total. The van der Waals surface area contributed by atoms with E-state index in [1.165, 1.54) is 12.8 Å². The van der Waals surface area contributed by atoms with Gasteiger partial charge in [-0.3, -0.25) is 4.68 Å². The minimum absolute atomic E-state index is 0.298. The van der Waals surface area contributed by atoms with Crippen LogP contribution in [0.3, 0.4) is 0 Å². The molecule has 2 saturated heterocycles. The quantitative estimate of drug-likeness (QED) is 0.606. The third-order valence-corrected chi connectivity index (χ3v) is 5.04. The van der Waals surface area contributed by atoms with Crippen LogP contribution in [-0.2, 0) is 23.1 Å². The summed E-state index contributed by atoms with van der Waals surface area (Å²) in [5.74, 6) is 1.82. The summed E-state index contributed by atoms with van der Waals surface area (Å²) in [7, 11) is 1.89. The number of nitrogens with zero attached hydrogens (tertiary/aromatic N) is 5. The van der Waals surface area contributed by atoms with E-state index in [0.29, 0.717) is 18.8 Å². The molecule has 0 aromatic carbocycles. The lowest BCUT2D eigenvalue weighted by atomic mass is 10.1.